The third-order valence-corrected chi connectivity index (χ3v) is 5.60. The molecule has 6 nitrogen and oxygen atoms in total. The summed E-state index contributed by atoms with van der Waals surface area (Å²) in [7, 11) is 0. The van der Waals surface area contributed by atoms with Crippen molar-refractivity contribution in [3.63, 3.8) is 0 Å². The Bertz CT molecular complexity index is 744. The Morgan fingerprint density at radius 1 is 1.11 bits per heavy atom. The van der Waals surface area contributed by atoms with Crippen molar-refractivity contribution in [2.75, 3.05) is 30.3 Å². The van der Waals surface area contributed by atoms with Crippen LogP contribution in [0.5, 0.6) is 0 Å². The molecule has 144 valence electrons. The van der Waals surface area contributed by atoms with E-state index in [0.717, 1.165) is 25.8 Å². The third-order valence-electron chi connectivity index (χ3n) is 4.73. The fourth-order valence-corrected chi connectivity index (χ4v) is 3.99. The molecular weight excluding hydrogens is 362 g/mol. The van der Waals surface area contributed by atoms with Crippen molar-refractivity contribution in [3.05, 3.63) is 46.7 Å². The summed E-state index contributed by atoms with van der Waals surface area (Å²) in [5, 5.41) is 16.8. The first-order valence-corrected chi connectivity index (χ1v) is 10.1. The molecular formula is C20H25N3O3S. The van der Waals surface area contributed by atoms with Gasteiger partial charge in [-0.1, -0.05) is 12.5 Å². The number of rotatable bonds is 7. The summed E-state index contributed by atoms with van der Waals surface area (Å²) < 4.78 is 0. The van der Waals surface area contributed by atoms with E-state index in [4.69, 9.17) is 0 Å². The van der Waals surface area contributed by atoms with Crippen LogP contribution in [0.4, 0.5) is 11.4 Å². The highest BCUT2D eigenvalue weighted by atomic mass is 32.1. The lowest BCUT2D eigenvalue weighted by Gasteiger charge is -2.34. The summed E-state index contributed by atoms with van der Waals surface area (Å²) in [5.41, 5.74) is 1.38. The Balaban J connectivity index is 1.51. The molecule has 3 N–H and O–H groups in total. The minimum absolute atomic E-state index is 0.0600. The third kappa shape index (κ3) is 5.63. The molecule has 1 aliphatic heterocycles. The van der Waals surface area contributed by atoms with E-state index in [0.29, 0.717) is 29.2 Å². The highest BCUT2D eigenvalue weighted by Gasteiger charge is 2.23. The number of piperidine rings is 1. The van der Waals surface area contributed by atoms with Crippen LogP contribution < -0.4 is 10.6 Å². The molecule has 1 fully saturated rings. The maximum absolute atomic E-state index is 12.4. The van der Waals surface area contributed by atoms with Crippen LogP contribution in [0.2, 0.25) is 0 Å². The highest BCUT2D eigenvalue weighted by Crippen LogP contribution is 2.20. The summed E-state index contributed by atoms with van der Waals surface area (Å²) >= 11 is 1.39. The van der Waals surface area contributed by atoms with Crippen LogP contribution in [0.25, 0.3) is 0 Å². The molecule has 1 aliphatic rings. The van der Waals surface area contributed by atoms with Gasteiger partial charge in [-0.25, -0.2) is 0 Å². The lowest BCUT2D eigenvalue weighted by Crippen LogP contribution is -2.44. The van der Waals surface area contributed by atoms with E-state index in [1.807, 2.05) is 11.4 Å². The smallest absolute Gasteiger partial charge is 0.265 e. The van der Waals surface area contributed by atoms with Gasteiger partial charge in [-0.2, -0.15) is 0 Å². The summed E-state index contributed by atoms with van der Waals surface area (Å²) in [6.45, 7) is 1.38. The number of carbonyl (C=O) groups excluding carboxylic acids is 2. The minimum atomic E-state index is -0.137. The van der Waals surface area contributed by atoms with Gasteiger partial charge in [0.15, 0.2) is 0 Å². The normalized spacial score (nSPS) is 17.4. The number of anilines is 2. The molecule has 0 spiro atoms. The van der Waals surface area contributed by atoms with Crippen LogP contribution in [0.1, 0.15) is 35.4 Å². The first-order chi connectivity index (χ1) is 13.2. The van der Waals surface area contributed by atoms with Gasteiger partial charge in [0.05, 0.1) is 11.4 Å². The molecule has 7 heteroatoms. The van der Waals surface area contributed by atoms with E-state index in [9.17, 15) is 14.7 Å². The molecule has 0 saturated carbocycles. The SMILES string of the molecule is O=C(CN1CCCCC1CCO)Nc1ccc(NC(=O)c2cccs2)cc1. The molecule has 1 aromatic heterocycles. The van der Waals surface area contributed by atoms with Crippen LogP contribution in [0.15, 0.2) is 41.8 Å². The molecule has 1 atom stereocenters. The Kier molecular flexibility index (Phi) is 6.98. The highest BCUT2D eigenvalue weighted by molar-refractivity contribution is 7.12. The van der Waals surface area contributed by atoms with E-state index in [2.05, 4.69) is 15.5 Å². The predicted molar refractivity (Wildman–Crippen MR) is 108 cm³/mol. The van der Waals surface area contributed by atoms with E-state index < -0.39 is 0 Å². The largest absolute Gasteiger partial charge is 0.396 e. The molecule has 3 rings (SSSR count). The van der Waals surface area contributed by atoms with Gasteiger partial charge in [0.2, 0.25) is 5.91 Å². The maximum Gasteiger partial charge on any atom is 0.265 e. The Labute approximate surface area is 163 Å². The van der Waals surface area contributed by atoms with Crippen LogP contribution in [0.3, 0.4) is 0 Å². The van der Waals surface area contributed by atoms with Crippen molar-refractivity contribution >= 4 is 34.5 Å². The van der Waals surface area contributed by atoms with Gasteiger partial charge in [0, 0.05) is 24.0 Å². The zero-order valence-electron chi connectivity index (χ0n) is 15.2. The summed E-state index contributed by atoms with van der Waals surface area (Å²) in [6, 6.07) is 11.0. The number of hydrogen-bond donors (Lipinski definition) is 3. The maximum atomic E-state index is 12.4. The number of nitrogens with zero attached hydrogens (tertiary/aromatic N) is 1. The zero-order valence-corrected chi connectivity index (χ0v) is 16.0. The van der Waals surface area contributed by atoms with E-state index in [1.165, 1.54) is 11.3 Å². The van der Waals surface area contributed by atoms with Crippen molar-refractivity contribution < 1.29 is 14.7 Å². The van der Waals surface area contributed by atoms with Gasteiger partial charge in [-0.05, 0) is 61.5 Å². The average Bonchev–Trinajstić information content (AvgIpc) is 3.20. The standard InChI is InChI=1S/C20H25N3O3S/c24-12-10-17-4-1-2-11-23(17)14-19(25)21-15-6-8-16(9-7-15)22-20(26)18-5-3-13-27-18/h3,5-9,13,17,24H,1-2,4,10-12,14H2,(H,21,25)(H,22,26). The number of aliphatic hydroxyl groups is 1. The topological polar surface area (TPSA) is 81.7 Å². The van der Waals surface area contributed by atoms with Gasteiger partial charge in [-0.3, -0.25) is 14.5 Å². The van der Waals surface area contributed by atoms with Crippen molar-refractivity contribution in [1.82, 2.24) is 4.90 Å². The molecule has 2 heterocycles. The van der Waals surface area contributed by atoms with Gasteiger partial charge >= 0.3 is 0 Å². The number of hydrogen-bond acceptors (Lipinski definition) is 5. The number of thiophene rings is 1. The van der Waals surface area contributed by atoms with Gasteiger partial charge in [0.1, 0.15) is 0 Å². The number of benzene rings is 1. The monoisotopic (exact) mass is 387 g/mol. The second kappa shape index (κ2) is 9.64. The van der Waals surface area contributed by atoms with Gasteiger partial charge in [-0.15, -0.1) is 11.3 Å². The minimum Gasteiger partial charge on any atom is -0.396 e. The van der Waals surface area contributed by atoms with Crippen molar-refractivity contribution in [2.45, 2.75) is 31.7 Å². The second-order valence-corrected chi connectivity index (χ2v) is 7.64. The number of nitrogens with one attached hydrogen (secondary N) is 2. The lowest BCUT2D eigenvalue weighted by atomic mass is 10.00. The number of likely N-dealkylation sites (tertiary alicyclic amines) is 1. The Hall–Kier alpha value is -2.22. The zero-order chi connectivity index (χ0) is 19.1. The fourth-order valence-electron chi connectivity index (χ4n) is 3.37. The van der Waals surface area contributed by atoms with Crippen molar-refractivity contribution in [2.24, 2.45) is 0 Å². The van der Waals surface area contributed by atoms with Crippen LogP contribution in [0, 0.1) is 0 Å². The van der Waals surface area contributed by atoms with E-state index in [-0.39, 0.29) is 24.5 Å². The Morgan fingerprint density at radius 3 is 2.52 bits per heavy atom. The molecule has 0 bridgehead atoms. The van der Waals surface area contributed by atoms with Gasteiger partial charge in [0.25, 0.3) is 5.91 Å². The molecule has 2 amide bonds. The van der Waals surface area contributed by atoms with E-state index >= 15 is 0 Å². The van der Waals surface area contributed by atoms with Crippen LogP contribution in [-0.4, -0.2) is 47.6 Å². The van der Waals surface area contributed by atoms with Crippen molar-refractivity contribution in [1.29, 1.82) is 0 Å². The van der Waals surface area contributed by atoms with Gasteiger partial charge < -0.3 is 15.7 Å². The fraction of sp³-hybridized carbons (Fsp3) is 0.400. The summed E-state index contributed by atoms with van der Waals surface area (Å²) in [6.07, 6.45) is 3.99. The average molecular weight is 388 g/mol. The van der Waals surface area contributed by atoms with Crippen molar-refractivity contribution in [3.8, 4) is 0 Å². The number of aliphatic hydroxyl groups excluding tert-OH is 1. The summed E-state index contributed by atoms with van der Waals surface area (Å²) in [5.74, 6) is -0.197. The quantitative estimate of drug-likeness (QED) is 0.682. The Morgan fingerprint density at radius 2 is 1.85 bits per heavy atom. The first kappa shape index (κ1) is 19.5. The summed E-state index contributed by atoms with van der Waals surface area (Å²) in [4.78, 5) is 27.2. The van der Waals surface area contributed by atoms with Crippen LogP contribution >= 0.6 is 11.3 Å². The molecule has 2 aromatic rings. The lowest BCUT2D eigenvalue weighted by molar-refractivity contribution is -0.118. The van der Waals surface area contributed by atoms with Crippen LogP contribution in [-0.2, 0) is 4.79 Å². The number of carbonyl (C=O) groups is 2. The molecule has 0 aliphatic carbocycles. The molecule has 1 unspecified atom stereocenters. The second-order valence-electron chi connectivity index (χ2n) is 6.69. The first-order valence-electron chi connectivity index (χ1n) is 9.25. The molecule has 1 aromatic carbocycles. The predicted octanol–water partition coefficient (Wildman–Crippen LogP) is 3.18. The van der Waals surface area contributed by atoms with E-state index in [1.54, 1.807) is 30.3 Å². The molecule has 1 saturated heterocycles. The molecule has 27 heavy (non-hydrogen) atoms. The number of amides is 2. The molecule has 0 radical (unpaired) electrons.